The maximum atomic E-state index is 13.5. The highest BCUT2D eigenvalue weighted by molar-refractivity contribution is 5.97. The number of carbonyl (C=O) groups is 1. The van der Waals surface area contributed by atoms with Crippen LogP contribution in [0.4, 0.5) is 10.2 Å². The third kappa shape index (κ3) is 5.11. The molecule has 0 aliphatic heterocycles. The van der Waals surface area contributed by atoms with E-state index in [4.69, 9.17) is 4.74 Å². The maximum absolute atomic E-state index is 13.5. The van der Waals surface area contributed by atoms with Gasteiger partial charge in [0.15, 0.2) is 11.6 Å². The molecule has 0 atom stereocenters. The van der Waals surface area contributed by atoms with Gasteiger partial charge in [-0.25, -0.2) is 19.3 Å². The highest BCUT2D eigenvalue weighted by Crippen LogP contribution is 2.35. The zero-order valence-corrected chi connectivity index (χ0v) is 20.0. The van der Waals surface area contributed by atoms with Gasteiger partial charge in [-0.15, -0.1) is 0 Å². The summed E-state index contributed by atoms with van der Waals surface area (Å²) >= 11 is 0. The average Bonchev–Trinajstić information content (AvgIpc) is 3.23. The van der Waals surface area contributed by atoms with Gasteiger partial charge in [-0.1, -0.05) is 6.58 Å². The van der Waals surface area contributed by atoms with E-state index in [9.17, 15) is 9.18 Å². The van der Waals surface area contributed by atoms with Gasteiger partial charge in [-0.3, -0.25) is 9.48 Å². The molecule has 180 valence electrons. The van der Waals surface area contributed by atoms with Gasteiger partial charge in [0.2, 0.25) is 5.91 Å². The van der Waals surface area contributed by atoms with Crippen molar-refractivity contribution in [1.29, 1.82) is 0 Å². The van der Waals surface area contributed by atoms with E-state index in [1.165, 1.54) is 25.6 Å². The number of rotatable bonds is 8. The van der Waals surface area contributed by atoms with E-state index in [1.54, 1.807) is 29.9 Å². The topological polar surface area (TPSA) is 98.1 Å². The molecule has 9 nitrogen and oxygen atoms in total. The molecule has 0 fully saturated rings. The van der Waals surface area contributed by atoms with Gasteiger partial charge in [-0.05, 0) is 30.7 Å². The summed E-state index contributed by atoms with van der Waals surface area (Å²) in [5.74, 6) is 0.0996. The van der Waals surface area contributed by atoms with Crippen LogP contribution < -0.4 is 10.1 Å². The van der Waals surface area contributed by atoms with Crippen LogP contribution in [0.3, 0.4) is 0 Å². The Hall–Kier alpha value is -4.34. The van der Waals surface area contributed by atoms with Gasteiger partial charge in [-0.2, -0.15) is 5.10 Å². The van der Waals surface area contributed by atoms with Gasteiger partial charge in [0.05, 0.1) is 12.6 Å². The number of hydrogen-bond donors (Lipinski definition) is 1. The molecule has 10 heteroatoms. The van der Waals surface area contributed by atoms with Gasteiger partial charge >= 0.3 is 0 Å². The average molecular weight is 476 g/mol. The summed E-state index contributed by atoms with van der Waals surface area (Å²) in [7, 11) is 7.06. The summed E-state index contributed by atoms with van der Waals surface area (Å²) in [5.41, 5.74) is 4.44. The lowest BCUT2D eigenvalue weighted by molar-refractivity contribution is -0.116. The molecular weight excluding hydrogens is 449 g/mol. The van der Waals surface area contributed by atoms with Gasteiger partial charge in [0.1, 0.15) is 29.0 Å². The number of allylic oxidation sites excluding steroid dienone is 1. The SMILES string of the molecule is C=C(CCC(=O)Nc1nc2c(-c3cn(C)nc3-c3ccc(F)cc3)ncnc2cc1OC)N(C)C. The normalized spacial score (nSPS) is 10.9. The van der Waals surface area contributed by atoms with Crippen molar-refractivity contribution in [3.8, 4) is 28.3 Å². The summed E-state index contributed by atoms with van der Waals surface area (Å²) < 4.78 is 20.6. The predicted molar refractivity (Wildman–Crippen MR) is 132 cm³/mol. The first-order chi connectivity index (χ1) is 16.8. The second kappa shape index (κ2) is 9.88. The van der Waals surface area contributed by atoms with Crippen molar-refractivity contribution in [1.82, 2.24) is 29.6 Å². The number of ether oxygens (including phenoxy) is 1. The first-order valence-corrected chi connectivity index (χ1v) is 10.9. The maximum Gasteiger partial charge on any atom is 0.226 e. The van der Waals surface area contributed by atoms with Crippen LogP contribution in [0, 0.1) is 5.82 Å². The largest absolute Gasteiger partial charge is 0.493 e. The molecule has 3 aromatic heterocycles. The molecule has 1 aromatic carbocycles. The molecule has 1 N–H and O–H groups in total. The van der Waals surface area contributed by atoms with Crippen LogP contribution in [0.5, 0.6) is 5.75 Å². The summed E-state index contributed by atoms with van der Waals surface area (Å²) in [6.07, 6.45) is 4.01. The fraction of sp³-hybridized carbons (Fsp3) is 0.240. The molecule has 4 rings (SSSR count). The number of nitrogens with zero attached hydrogens (tertiary/aromatic N) is 6. The highest BCUT2D eigenvalue weighted by atomic mass is 19.1. The van der Waals surface area contributed by atoms with E-state index in [1.807, 2.05) is 25.2 Å². The monoisotopic (exact) mass is 475 g/mol. The van der Waals surface area contributed by atoms with Crippen molar-refractivity contribution in [3.63, 3.8) is 0 Å². The lowest BCUT2D eigenvalue weighted by Crippen LogP contribution is -2.16. The second-order valence-electron chi connectivity index (χ2n) is 8.21. The number of halogens is 1. The van der Waals surface area contributed by atoms with E-state index in [-0.39, 0.29) is 24.0 Å². The molecule has 35 heavy (non-hydrogen) atoms. The molecule has 0 aliphatic carbocycles. The third-order valence-electron chi connectivity index (χ3n) is 5.53. The molecular formula is C25H26FN7O2. The molecule has 0 radical (unpaired) electrons. The quantitative estimate of drug-likeness (QED) is 0.411. The molecule has 0 spiro atoms. The summed E-state index contributed by atoms with van der Waals surface area (Å²) in [4.78, 5) is 28.0. The summed E-state index contributed by atoms with van der Waals surface area (Å²) in [5, 5.41) is 7.38. The van der Waals surface area contributed by atoms with Crippen LogP contribution in [0.15, 0.2) is 55.1 Å². The van der Waals surface area contributed by atoms with Crippen molar-refractivity contribution in [2.24, 2.45) is 7.05 Å². The van der Waals surface area contributed by atoms with Crippen LogP contribution in [0.1, 0.15) is 12.8 Å². The highest BCUT2D eigenvalue weighted by Gasteiger charge is 2.20. The number of amides is 1. The Bertz CT molecular complexity index is 1400. The number of carbonyl (C=O) groups excluding carboxylic acids is 1. The predicted octanol–water partition coefficient (Wildman–Crippen LogP) is 4.03. The zero-order chi connectivity index (χ0) is 25.1. The standard InChI is InChI=1S/C25H26FN7O2/c1-15(32(2)3)6-11-21(34)29-25-20(35-5)12-19-24(30-25)23(28-14-27-19)18-13-33(4)31-22(18)16-7-9-17(26)10-8-16/h7-10,12-14H,1,6,11H2,2-5H3,(H,29,30,34). The van der Waals surface area contributed by atoms with E-state index < -0.39 is 0 Å². The van der Waals surface area contributed by atoms with Crippen LogP contribution >= 0.6 is 0 Å². The number of methoxy groups -OCH3 is 1. The molecule has 1 amide bonds. The number of pyridine rings is 1. The Morgan fingerprint density at radius 3 is 2.60 bits per heavy atom. The second-order valence-corrected chi connectivity index (χ2v) is 8.21. The van der Waals surface area contributed by atoms with Crippen molar-refractivity contribution < 1.29 is 13.9 Å². The summed E-state index contributed by atoms with van der Waals surface area (Å²) in [6.45, 7) is 3.95. The van der Waals surface area contributed by atoms with Crippen LogP contribution in [0.25, 0.3) is 33.5 Å². The van der Waals surface area contributed by atoms with Gasteiger partial charge in [0.25, 0.3) is 0 Å². The van der Waals surface area contributed by atoms with E-state index in [0.717, 1.165) is 11.3 Å². The first kappa shape index (κ1) is 23.8. The van der Waals surface area contributed by atoms with Gasteiger partial charge in [0, 0.05) is 56.7 Å². The van der Waals surface area contributed by atoms with Crippen molar-refractivity contribution in [2.75, 3.05) is 26.5 Å². The molecule has 4 aromatic rings. The number of aryl methyl sites for hydroxylation is 1. The Balaban J connectivity index is 1.75. The number of benzene rings is 1. The van der Waals surface area contributed by atoms with Crippen LogP contribution in [-0.4, -0.2) is 56.7 Å². The number of fused-ring (bicyclic) bond motifs is 1. The minimum absolute atomic E-state index is 0.218. The van der Waals surface area contributed by atoms with E-state index in [2.05, 4.69) is 31.9 Å². The Morgan fingerprint density at radius 2 is 1.91 bits per heavy atom. The Labute approximate surface area is 202 Å². The minimum atomic E-state index is -0.331. The minimum Gasteiger partial charge on any atom is -0.493 e. The number of hydrogen-bond acceptors (Lipinski definition) is 7. The third-order valence-corrected chi connectivity index (χ3v) is 5.53. The van der Waals surface area contributed by atoms with Crippen molar-refractivity contribution in [2.45, 2.75) is 12.8 Å². The fourth-order valence-corrected chi connectivity index (χ4v) is 3.57. The number of nitrogens with one attached hydrogen (secondary N) is 1. The van der Waals surface area contributed by atoms with Crippen LogP contribution in [-0.2, 0) is 11.8 Å². The number of anilines is 1. The Kier molecular flexibility index (Phi) is 6.72. The number of aromatic nitrogens is 5. The zero-order valence-electron chi connectivity index (χ0n) is 20.0. The first-order valence-electron chi connectivity index (χ1n) is 10.9. The molecule has 0 saturated carbocycles. The molecule has 0 unspecified atom stereocenters. The molecule has 0 saturated heterocycles. The van der Waals surface area contributed by atoms with Crippen LogP contribution in [0.2, 0.25) is 0 Å². The lowest BCUT2D eigenvalue weighted by Gasteiger charge is -2.15. The molecule has 0 bridgehead atoms. The van der Waals surface area contributed by atoms with Crippen molar-refractivity contribution >= 4 is 22.8 Å². The van der Waals surface area contributed by atoms with E-state index in [0.29, 0.717) is 40.2 Å². The molecule has 0 aliphatic rings. The Morgan fingerprint density at radius 1 is 1.17 bits per heavy atom. The summed E-state index contributed by atoms with van der Waals surface area (Å²) in [6, 6.07) is 7.79. The van der Waals surface area contributed by atoms with Gasteiger partial charge < -0.3 is 15.0 Å². The van der Waals surface area contributed by atoms with E-state index >= 15 is 0 Å². The molecule has 3 heterocycles. The van der Waals surface area contributed by atoms with Crippen molar-refractivity contribution in [3.05, 3.63) is 60.9 Å². The smallest absolute Gasteiger partial charge is 0.226 e. The lowest BCUT2D eigenvalue weighted by atomic mass is 10.0. The fourth-order valence-electron chi connectivity index (χ4n) is 3.57.